The molecule has 0 saturated carbocycles. The Bertz CT molecular complexity index is 522. The zero-order valence-corrected chi connectivity index (χ0v) is 10.1. The summed E-state index contributed by atoms with van der Waals surface area (Å²) in [6, 6.07) is 1.80. The molecule has 0 aliphatic carbocycles. The molecular weight excluding hydrogens is 218 g/mol. The zero-order valence-electron chi connectivity index (χ0n) is 10.1. The fourth-order valence-corrected chi connectivity index (χ4v) is 1.83. The zero-order chi connectivity index (χ0) is 12.4. The normalized spacial score (nSPS) is 12.5. The van der Waals surface area contributed by atoms with Crippen LogP contribution in [0.3, 0.4) is 0 Å². The highest BCUT2D eigenvalue weighted by Gasteiger charge is 2.21. The average Bonchev–Trinajstić information content (AvgIpc) is 2.70. The summed E-state index contributed by atoms with van der Waals surface area (Å²) in [7, 11) is 3.34. The largest absolute Gasteiger partial charge is 0.493 e. The Kier molecular flexibility index (Phi) is 3.10. The quantitative estimate of drug-likeness (QED) is 0.865. The molecule has 0 aliphatic heterocycles. The van der Waals surface area contributed by atoms with Gasteiger partial charge in [0.15, 0.2) is 5.75 Å². The molecule has 2 heterocycles. The van der Waals surface area contributed by atoms with Gasteiger partial charge >= 0.3 is 0 Å². The molecule has 90 valence electrons. The van der Waals surface area contributed by atoms with Gasteiger partial charge in [0.25, 0.3) is 0 Å². The van der Waals surface area contributed by atoms with Crippen molar-refractivity contribution in [3.8, 4) is 5.75 Å². The summed E-state index contributed by atoms with van der Waals surface area (Å²) < 4.78 is 6.80. The van der Waals surface area contributed by atoms with Crippen LogP contribution >= 0.6 is 0 Å². The molecule has 0 saturated heterocycles. The SMILES string of the molecule is COc1cnn(C)c1C(O)c1ccncc1C. The summed E-state index contributed by atoms with van der Waals surface area (Å²) >= 11 is 0. The molecule has 2 aromatic heterocycles. The van der Waals surface area contributed by atoms with Gasteiger partial charge in [-0.2, -0.15) is 5.10 Å². The highest BCUT2D eigenvalue weighted by Crippen LogP contribution is 2.30. The molecule has 0 aromatic carbocycles. The number of aromatic nitrogens is 3. The van der Waals surface area contributed by atoms with E-state index in [1.54, 1.807) is 43.5 Å². The van der Waals surface area contributed by atoms with Crippen LogP contribution in [0.5, 0.6) is 5.75 Å². The van der Waals surface area contributed by atoms with E-state index in [1.807, 2.05) is 6.92 Å². The number of rotatable bonds is 3. The van der Waals surface area contributed by atoms with Gasteiger partial charge in [-0.05, 0) is 24.1 Å². The third kappa shape index (κ3) is 2.01. The summed E-state index contributed by atoms with van der Waals surface area (Å²) in [5, 5.41) is 14.5. The Morgan fingerprint density at radius 3 is 2.82 bits per heavy atom. The van der Waals surface area contributed by atoms with Crippen molar-refractivity contribution in [3.63, 3.8) is 0 Å². The van der Waals surface area contributed by atoms with Gasteiger partial charge in [0.1, 0.15) is 11.8 Å². The van der Waals surface area contributed by atoms with E-state index in [-0.39, 0.29) is 0 Å². The van der Waals surface area contributed by atoms with E-state index in [0.29, 0.717) is 11.4 Å². The summed E-state index contributed by atoms with van der Waals surface area (Å²) in [4.78, 5) is 4.01. The second-order valence-electron chi connectivity index (χ2n) is 3.86. The van der Waals surface area contributed by atoms with E-state index in [2.05, 4.69) is 10.1 Å². The Morgan fingerprint density at radius 2 is 2.18 bits per heavy atom. The van der Waals surface area contributed by atoms with E-state index in [9.17, 15) is 5.11 Å². The molecular formula is C12H15N3O2. The number of aliphatic hydroxyl groups is 1. The van der Waals surface area contributed by atoms with E-state index in [0.717, 1.165) is 11.1 Å². The van der Waals surface area contributed by atoms with Gasteiger partial charge in [-0.3, -0.25) is 9.67 Å². The van der Waals surface area contributed by atoms with Gasteiger partial charge in [-0.1, -0.05) is 0 Å². The Labute approximate surface area is 99.7 Å². The maximum Gasteiger partial charge on any atom is 0.162 e. The molecule has 0 bridgehead atoms. The van der Waals surface area contributed by atoms with Crippen LogP contribution in [0.1, 0.15) is 22.9 Å². The fraction of sp³-hybridized carbons (Fsp3) is 0.333. The van der Waals surface area contributed by atoms with Crippen LogP contribution in [0.15, 0.2) is 24.7 Å². The lowest BCUT2D eigenvalue weighted by atomic mass is 10.0. The van der Waals surface area contributed by atoms with E-state index in [1.165, 1.54) is 0 Å². The molecule has 5 heteroatoms. The third-order valence-corrected chi connectivity index (χ3v) is 2.79. The lowest BCUT2D eigenvalue weighted by Crippen LogP contribution is -2.09. The topological polar surface area (TPSA) is 60.2 Å². The molecule has 5 nitrogen and oxygen atoms in total. The van der Waals surface area contributed by atoms with Crippen LogP contribution in [0.25, 0.3) is 0 Å². The molecule has 0 fully saturated rings. The minimum atomic E-state index is -0.763. The Morgan fingerprint density at radius 1 is 1.41 bits per heavy atom. The van der Waals surface area contributed by atoms with E-state index < -0.39 is 6.10 Å². The van der Waals surface area contributed by atoms with Crippen LogP contribution in [-0.2, 0) is 7.05 Å². The number of pyridine rings is 1. The van der Waals surface area contributed by atoms with Gasteiger partial charge in [-0.25, -0.2) is 0 Å². The smallest absolute Gasteiger partial charge is 0.162 e. The maximum absolute atomic E-state index is 10.4. The first-order valence-corrected chi connectivity index (χ1v) is 5.29. The molecule has 0 amide bonds. The third-order valence-electron chi connectivity index (χ3n) is 2.79. The first-order chi connectivity index (χ1) is 8.15. The van der Waals surface area contributed by atoms with Crippen LogP contribution in [0.2, 0.25) is 0 Å². The van der Waals surface area contributed by atoms with Crippen molar-refractivity contribution >= 4 is 0 Å². The van der Waals surface area contributed by atoms with Gasteiger partial charge < -0.3 is 9.84 Å². The Hall–Kier alpha value is -1.88. The molecule has 0 radical (unpaired) electrons. The van der Waals surface area contributed by atoms with Crippen molar-refractivity contribution in [1.82, 2.24) is 14.8 Å². The molecule has 1 atom stereocenters. The van der Waals surface area contributed by atoms with Crippen molar-refractivity contribution < 1.29 is 9.84 Å². The molecule has 17 heavy (non-hydrogen) atoms. The maximum atomic E-state index is 10.4. The molecule has 1 N–H and O–H groups in total. The monoisotopic (exact) mass is 233 g/mol. The lowest BCUT2D eigenvalue weighted by Gasteiger charge is -2.15. The summed E-state index contributed by atoms with van der Waals surface area (Å²) in [5.41, 5.74) is 2.38. The van der Waals surface area contributed by atoms with Crippen LogP contribution in [-0.4, -0.2) is 27.0 Å². The van der Waals surface area contributed by atoms with Crippen molar-refractivity contribution in [3.05, 3.63) is 41.5 Å². The lowest BCUT2D eigenvalue weighted by molar-refractivity contribution is 0.203. The van der Waals surface area contributed by atoms with Crippen molar-refractivity contribution in [2.75, 3.05) is 7.11 Å². The van der Waals surface area contributed by atoms with Gasteiger partial charge in [0, 0.05) is 19.4 Å². The number of aliphatic hydroxyl groups excluding tert-OH is 1. The van der Waals surface area contributed by atoms with Crippen LogP contribution < -0.4 is 4.74 Å². The van der Waals surface area contributed by atoms with Gasteiger partial charge in [-0.15, -0.1) is 0 Å². The van der Waals surface area contributed by atoms with E-state index >= 15 is 0 Å². The number of nitrogens with zero attached hydrogens (tertiary/aromatic N) is 3. The predicted octanol–water partition coefficient (Wildman–Crippen LogP) is 1.21. The average molecular weight is 233 g/mol. The van der Waals surface area contributed by atoms with Gasteiger partial charge in [0.05, 0.1) is 13.3 Å². The van der Waals surface area contributed by atoms with Crippen molar-refractivity contribution in [2.24, 2.45) is 7.05 Å². The number of hydrogen-bond donors (Lipinski definition) is 1. The summed E-state index contributed by atoms with van der Waals surface area (Å²) in [6.45, 7) is 1.91. The summed E-state index contributed by atoms with van der Waals surface area (Å²) in [5.74, 6) is 0.580. The van der Waals surface area contributed by atoms with E-state index in [4.69, 9.17) is 4.74 Å². The van der Waals surface area contributed by atoms with Crippen LogP contribution in [0.4, 0.5) is 0 Å². The molecule has 1 unspecified atom stereocenters. The number of aryl methyl sites for hydroxylation is 2. The Balaban J connectivity index is 2.47. The second kappa shape index (κ2) is 4.55. The first kappa shape index (κ1) is 11.6. The minimum absolute atomic E-state index is 0.580. The second-order valence-corrected chi connectivity index (χ2v) is 3.86. The highest BCUT2D eigenvalue weighted by molar-refractivity contribution is 5.36. The van der Waals surface area contributed by atoms with Gasteiger partial charge in [0.2, 0.25) is 0 Å². The fourth-order valence-electron chi connectivity index (χ4n) is 1.83. The molecule has 0 spiro atoms. The molecule has 2 rings (SSSR count). The van der Waals surface area contributed by atoms with Crippen LogP contribution in [0, 0.1) is 6.92 Å². The number of methoxy groups -OCH3 is 1. The number of ether oxygens (including phenoxy) is 1. The minimum Gasteiger partial charge on any atom is -0.493 e. The summed E-state index contributed by atoms with van der Waals surface area (Å²) in [6.07, 6.45) is 4.21. The molecule has 0 aliphatic rings. The first-order valence-electron chi connectivity index (χ1n) is 5.29. The standard InChI is InChI=1S/C12H15N3O2/c1-8-6-13-5-4-9(8)12(16)11-10(17-3)7-14-15(11)2/h4-7,12,16H,1-3H3. The molecule has 2 aromatic rings. The predicted molar refractivity (Wildman–Crippen MR) is 62.8 cm³/mol. The van der Waals surface area contributed by atoms with Crippen molar-refractivity contribution in [1.29, 1.82) is 0 Å². The highest BCUT2D eigenvalue weighted by atomic mass is 16.5. The number of hydrogen-bond acceptors (Lipinski definition) is 4. The van der Waals surface area contributed by atoms with Crippen molar-refractivity contribution in [2.45, 2.75) is 13.0 Å².